The number of nitrogens with one attached hydrogen (secondary N) is 1. The van der Waals surface area contributed by atoms with Gasteiger partial charge in [-0.2, -0.15) is 0 Å². The van der Waals surface area contributed by atoms with Gasteiger partial charge in [-0.05, 0) is 30.3 Å². The Morgan fingerprint density at radius 3 is 2.06 bits per heavy atom. The lowest BCUT2D eigenvalue weighted by atomic mass is 10.2. The smallest absolute Gasteiger partial charge is 0.0763 e. The van der Waals surface area contributed by atoms with E-state index < -0.39 is 0 Å². The Labute approximate surface area is 119 Å². The molecule has 0 spiro atoms. The molecule has 0 heterocycles. The van der Waals surface area contributed by atoms with E-state index in [1.807, 2.05) is 0 Å². The molecule has 1 N–H and O–H groups in total. The topological polar surface area (TPSA) is 12.0 Å². The van der Waals surface area contributed by atoms with Gasteiger partial charge in [-0.15, -0.1) is 0 Å². The van der Waals surface area contributed by atoms with Crippen LogP contribution in [0.15, 0.2) is 36.4 Å². The highest BCUT2D eigenvalue weighted by molar-refractivity contribution is 6.40. The fourth-order valence-electron chi connectivity index (χ4n) is 1.35. The van der Waals surface area contributed by atoms with Crippen molar-refractivity contribution < 1.29 is 0 Å². The van der Waals surface area contributed by atoms with Crippen LogP contribution in [0.25, 0.3) is 0 Å². The van der Waals surface area contributed by atoms with Crippen molar-refractivity contribution in [1.29, 1.82) is 0 Å². The summed E-state index contributed by atoms with van der Waals surface area (Å²) in [5.74, 6) is 0. The molecule has 0 radical (unpaired) electrons. The quantitative estimate of drug-likeness (QED) is 0.712. The van der Waals surface area contributed by atoms with Crippen molar-refractivity contribution in [2.45, 2.75) is 0 Å². The minimum atomic E-state index is 0.522. The van der Waals surface area contributed by atoms with Crippen LogP contribution >= 0.6 is 46.4 Å². The maximum atomic E-state index is 6.05. The summed E-state index contributed by atoms with van der Waals surface area (Å²) >= 11 is 24.0. The number of halogens is 4. The van der Waals surface area contributed by atoms with Crippen molar-refractivity contribution in [3.05, 3.63) is 56.5 Å². The summed E-state index contributed by atoms with van der Waals surface area (Å²) in [5, 5.41) is 5.24. The van der Waals surface area contributed by atoms with Gasteiger partial charge in [0.15, 0.2) is 0 Å². The van der Waals surface area contributed by atoms with E-state index >= 15 is 0 Å². The third-order valence-corrected chi connectivity index (χ3v) is 3.35. The standard InChI is InChI=1S/C12H7Cl4N/c13-7-4-5-8(14)11(6-7)17-12-9(15)2-1-3-10(12)16/h1-6,17H. The predicted molar refractivity (Wildman–Crippen MR) is 76.2 cm³/mol. The van der Waals surface area contributed by atoms with Gasteiger partial charge >= 0.3 is 0 Å². The van der Waals surface area contributed by atoms with Crippen molar-refractivity contribution in [1.82, 2.24) is 0 Å². The molecular formula is C12H7Cl4N. The molecule has 0 amide bonds. The minimum Gasteiger partial charge on any atom is -0.352 e. The monoisotopic (exact) mass is 305 g/mol. The van der Waals surface area contributed by atoms with Gasteiger partial charge in [0, 0.05) is 5.02 Å². The first-order valence-electron chi connectivity index (χ1n) is 4.74. The third-order valence-electron chi connectivity index (χ3n) is 2.15. The number of hydrogen-bond donors (Lipinski definition) is 1. The molecule has 0 bridgehead atoms. The average Bonchev–Trinajstić information content (AvgIpc) is 2.28. The Hall–Kier alpha value is -0.600. The van der Waals surface area contributed by atoms with Gasteiger partial charge in [-0.25, -0.2) is 0 Å². The van der Waals surface area contributed by atoms with Gasteiger partial charge in [0.2, 0.25) is 0 Å². The largest absolute Gasteiger partial charge is 0.352 e. The predicted octanol–water partition coefficient (Wildman–Crippen LogP) is 6.04. The van der Waals surface area contributed by atoms with Crippen LogP contribution in [-0.2, 0) is 0 Å². The highest BCUT2D eigenvalue weighted by atomic mass is 35.5. The van der Waals surface area contributed by atoms with E-state index in [-0.39, 0.29) is 0 Å². The number of benzene rings is 2. The van der Waals surface area contributed by atoms with Crippen LogP contribution < -0.4 is 5.32 Å². The second kappa shape index (κ2) is 5.36. The maximum Gasteiger partial charge on any atom is 0.0763 e. The summed E-state index contributed by atoms with van der Waals surface area (Å²) in [6.07, 6.45) is 0. The SMILES string of the molecule is Clc1ccc(Cl)c(Nc2c(Cl)cccc2Cl)c1. The molecule has 0 saturated heterocycles. The third kappa shape index (κ3) is 2.99. The van der Waals surface area contributed by atoms with E-state index in [0.29, 0.717) is 31.5 Å². The van der Waals surface area contributed by atoms with Gasteiger partial charge in [0.25, 0.3) is 0 Å². The number of rotatable bonds is 2. The molecule has 2 rings (SSSR count). The Bertz CT molecular complexity index is 534. The first-order valence-corrected chi connectivity index (χ1v) is 6.25. The average molecular weight is 307 g/mol. The lowest BCUT2D eigenvalue weighted by molar-refractivity contribution is 1.55. The lowest BCUT2D eigenvalue weighted by Gasteiger charge is -2.11. The van der Waals surface area contributed by atoms with Gasteiger partial charge in [0.05, 0.1) is 26.4 Å². The first-order chi connectivity index (χ1) is 8.08. The summed E-state index contributed by atoms with van der Waals surface area (Å²) in [4.78, 5) is 0. The Balaban J connectivity index is 2.41. The van der Waals surface area contributed by atoms with E-state index in [4.69, 9.17) is 46.4 Å². The molecule has 17 heavy (non-hydrogen) atoms. The van der Waals surface area contributed by atoms with Crippen LogP contribution in [0.2, 0.25) is 20.1 Å². The van der Waals surface area contributed by atoms with E-state index in [2.05, 4.69) is 5.32 Å². The van der Waals surface area contributed by atoms with E-state index in [9.17, 15) is 0 Å². The van der Waals surface area contributed by atoms with E-state index in [1.54, 1.807) is 36.4 Å². The summed E-state index contributed by atoms with van der Waals surface area (Å²) in [5.41, 5.74) is 1.27. The lowest BCUT2D eigenvalue weighted by Crippen LogP contribution is -1.93. The molecule has 0 aliphatic heterocycles. The molecule has 0 aromatic heterocycles. The zero-order valence-electron chi connectivity index (χ0n) is 8.48. The van der Waals surface area contributed by atoms with Crippen LogP contribution in [0.4, 0.5) is 11.4 Å². The normalized spacial score (nSPS) is 10.4. The van der Waals surface area contributed by atoms with Gasteiger partial charge < -0.3 is 5.32 Å². The van der Waals surface area contributed by atoms with E-state index in [0.717, 1.165) is 0 Å². The molecule has 0 atom stereocenters. The van der Waals surface area contributed by atoms with Crippen LogP contribution in [0.5, 0.6) is 0 Å². The van der Waals surface area contributed by atoms with Gasteiger partial charge in [-0.3, -0.25) is 0 Å². The van der Waals surface area contributed by atoms with Gasteiger partial charge in [-0.1, -0.05) is 52.5 Å². The Morgan fingerprint density at radius 2 is 1.41 bits per heavy atom. The number of hydrogen-bond acceptors (Lipinski definition) is 1. The fourth-order valence-corrected chi connectivity index (χ4v) is 2.17. The maximum absolute atomic E-state index is 6.05. The second-order valence-electron chi connectivity index (χ2n) is 3.35. The Kier molecular flexibility index (Phi) is 4.05. The minimum absolute atomic E-state index is 0.522. The van der Waals surface area contributed by atoms with Gasteiger partial charge in [0.1, 0.15) is 0 Å². The molecule has 0 saturated carbocycles. The second-order valence-corrected chi connectivity index (χ2v) is 5.00. The van der Waals surface area contributed by atoms with Crippen LogP contribution in [0.1, 0.15) is 0 Å². The van der Waals surface area contributed by atoms with Crippen molar-refractivity contribution in [2.75, 3.05) is 5.32 Å². The molecule has 2 aromatic rings. The molecule has 2 aromatic carbocycles. The Morgan fingerprint density at radius 1 is 0.765 bits per heavy atom. The highest BCUT2D eigenvalue weighted by Gasteiger charge is 2.08. The number of para-hydroxylation sites is 1. The van der Waals surface area contributed by atoms with E-state index in [1.165, 1.54) is 0 Å². The van der Waals surface area contributed by atoms with Crippen LogP contribution in [0, 0.1) is 0 Å². The summed E-state index contributed by atoms with van der Waals surface area (Å²) in [6, 6.07) is 10.4. The fraction of sp³-hybridized carbons (Fsp3) is 0. The van der Waals surface area contributed by atoms with Crippen molar-refractivity contribution >= 4 is 57.8 Å². The molecule has 0 unspecified atom stereocenters. The molecule has 0 fully saturated rings. The zero-order chi connectivity index (χ0) is 12.4. The summed E-state index contributed by atoms with van der Waals surface area (Å²) in [6.45, 7) is 0. The summed E-state index contributed by atoms with van der Waals surface area (Å²) < 4.78 is 0. The molecule has 0 aliphatic rings. The molecule has 0 aliphatic carbocycles. The highest BCUT2D eigenvalue weighted by Crippen LogP contribution is 2.35. The van der Waals surface area contributed by atoms with Crippen LogP contribution in [-0.4, -0.2) is 0 Å². The molecule has 1 nitrogen and oxygen atoms in total. The van der Waals surface area contributed by atoms with Crippen molar-refractivity contribution in [2.24, 2.45) is 0 Å². The molecular weight excluding hydrogens is 300 g/mol. The molecule has 88 valence electrons. The summed E-state index contributed by atoms with van der Waals surface area (Å²) in [7, 11) is 0. The number of anilines is 2. The molecule has 5 heteroatoms. The van der Waals surface area contributed by atoms with Crippen molar-refractivity contribution in [3.8, 4) is 0 Å². The van der Waals surface area contributed by atoms with Crippen LogP contribution in [0.3, 0.4) is 0 Å². The van der Waals surface area contributed by atoms with Crippen molar-refractivity contribution in [3.63, 3.8) is 0 Å². The zero-order valence-corrected chi connectivity index (χ0v) is 11.5. The first kappa shape index (κ1) is 12.8.